The lowest BCUT2D eigenvalue weighted by Gasteiger charge is -2.42. The molecule has 5 aliphatic heterocycles. The Morgan fingerprint density at radius 3 is 2.65 bits per heavy atom. The first-order valence-electron chi connectivity index (χ1n) is 16.2. The molecule has 3 N–H and O–H groups in total. The van der Waals surface area contributed by atoms with Crippen molar-refractivity contribution in [2.45, 2.75) is 86.1 Å². The zero-order chi connectivity index (χ0) is 31.3. The van der Waals surface area contributed by atoms with Gasteiger partial charge in [-0.25, -0.2) is 22.4 Å². The topological polar surface area (TPSA) is 113 Å². The predicted octanol–water partition coefficient (Wildman–Crippen LogP) is 4.39. The zero-order valence-corrected chi connectivity index (χ0v) is 26.8. The third-order valence-electron chi connectivity index (χ3n) is 10.7. The summed E-state index contributed by atoms with van der Waals surface area (Å²) in [4.78, 5) is 18.3. The van der Waals surface area contributed by atoms with Gasteiger partial charge in [-0.2, -0.15) is 9.97 Å². The number of nitrogens with one attached hydrogen (secondary N) is 1. The van der Waals surface area contributed by atoms with Crippen LogP contribution in [0, 0.1) is 5.82 Å². The van der Waals surface area contributed by atoms with Crippen LogP contribution in [0.15, 0.2) is 17.0 Å². The van der Waals surface area contributed by atoms with Crippen molar-refractivity contribution in [3.05, 3.63) is 29.2 Å². The maximum Gasteiger partial charge on any atom is 0.319 e. The van der Waals surface area contributed by atoms with E-state index in [9.17, 15) is 13.0 Å². The monoisotopic (exact) mass is 672 g/mol. The predicted molar refractivity (Wildman–Crippen MR) is 171 cm³/mol. The highest BCUT2D eigenvalue weighted by molar-refractivity contribution is 7.83. The Hall–Kier alpha value is -3.01. The third kappa shape index (κ3) is 4.48. The van der Waals surface area contributed by atoms with Crippen molar-refractivity contribution in [3.63, 3.8) is 0 Å². The molecule has 244 valence electrons. The highest BCUT2D eigenvalue weighted by Gasteiger charge is 2.50. The molecule has 3 aromatic rings. The van der Waals surface area contributed by atoms with E-state index >= 15 is 4.39 Å². The highest BCUT2D eigenvalue weighted by Crippen LogP contribution is 2.49. The first-order valence-corrected chi connectivity index (χ1v) is 18.1. The van der Waals surface area contributed by atoms with E-state index in [1.54, 1.807) is 4.31 Å². The third-order valence-corrected chi connectivity index (χ3v) is 13.2. The standard InChI is InChI=1S/C31H35F3N8O2S2/c32-16-11-31(9-2-10-41(31)12-16)15-44-30-38-24-22(34)25(20-7-8-21(33)26-23(20)37-29(35)45-26)42(19-3-1-4-19)46(43)27(24)28(39-30)40-13-17-5-6-18(14-40)36-17/h7-8,16-19,36H,1-6,9-15H2,(H2,35,37)/t16-,17?,18?,31+,46?/m1/s1. The molecule has 3 unspecified atom stereocenters. The largest absolute Gasteiger partial charge is 0.461 e. The summed E-state index contributed by atoms with van der Waals surface area (Å²) >= 11 is 0.993. The molecule has 5 fully saturated rings. The van der Waals surface area contributed by atoms with Crippen molar-refractivity contribution in [2.75, 3.05) is 43.4 Å². The maximum atomic E-state index is 17.3. The van der Waals surface area contributed by atoms with Gasteiger partial charge in [-0.05, 0) is 63.6 Å². The van der Waals surface area contributed by atoms with Crippen LogP contribution in [0.2, 0.25) is 0 Å². The first-order chi connectivity index (χ1) is 22.3. The molecule has 5 atom stereocenters. The van der Waals surface area contributed by atoms with Crippen LogP contribution in [0.1, 0.15) is 62.6 Å². The van der Waals surface area contributed by atoms with Gasteiger partial charge in [-0.1, -0.05) is 11.3 Å². The Balaban J connectivity index is 1.21. The van der Waals surface area contributed by atoms with Gasteiger partial charge in [0, 0.05) is 49.7 Å². The molecule has 6 aliphatic rings. The molecule has 7 heterocycles. The summed E-state index contributed by atoms with van der Waals surface area (Å²) in [6.07, 6.45) is 5.68. The van der Waals surface area contributed by atoms with Crippen LogP contribution in [0.5, 0.6) is 6.01 Å². The number of alkyl halides is 1. The second-order valence-corrected chi connectivity index (χ2v) is 15.9. The lowest BCUT2D eigenvalue weighted by Crippen LogP contribution is -2.52. The number of fused-ring (bicyclic) bond motifs is 5. The average molecular weight is 673 g/mol. The number of nitrogens with two attached hydrogens (primary N) is 1. The number of piperazine rings is 1. The number of halogens is 3. The van der Waals surface area contributed by atoms with E-state index < -0.39 is 34.3 Å². The average Bonchev–Trinajstić information content (AvgIpc) is 3.76. The molecule has 0 radical (unpaired) electrons. The number of anilines is 2. The van der Waals surface area contributed by atoms with Crippen molar-refractivity contribution in [1.29, 1.82) is 0 Å². The van der Waals surface area contributed by atoms with Gasteiger partial charge < -0.3 is 20.7 Å². The molecular formula is C31H35F3N8O2S2. The van der Waals surface area contributed by atoms with E-state index in [0.717, 1.165) is 62.8 Å². The summed E-state index contributed by atoms with van der Waals surface area (Å²) in [5.41, 5.74) is 6.07. The molecule has 10 nitrogen and oxygen atoms in total. The Morgan fingerprint density at radius 2 is 1.89 bits per heavy atom. The molecule has 15 heteroatoms. The van der Waals surface area contributed by atoms with Crippen molar-refractivity contribution >= 4 is 55.0 Å². The number of hydrogen-bond acceptors (Lipinski definition) is 10. The van der Waals surface area contributed by atoms with Gasteiger partial charge in [-0.15, -0.1) is 0 Å². The van der Waals surface area contributed by atoms with E-state index in [4.69, 9.17) is 15.5 Å². The van der Waals surface area contributed by atoms with Crippen LogP contribution in [-0.4, -0.2) is 91.0 Å². The fourth-order valence-electron chi connectivity index (χ4n) is 8.37. The van der Waals surface area contributed by atoms with Crippen LogP contribution in [0.25, 0.3) is 21.7 Å². The molecule has 9 rings (SSSR count). The van der Waals surface area contributed by atoms with Gasteiger partial charge in [0.1, 0.15) is 29.2 Å². The van der Waals surface area contributed by atoms with Crippen LogP contribution >= 0.6 is 11.3 Å². The minimum Gasteiger partial charge on any atom is -0.461 e. The summed E-state index contributed by atoms with van der Waals surface area (Å²) in [7, 11) is -1.88. The number of rotatable bonds is 6. The van der Waals surface area contributed by atoms with Crippen LogP contribution in [0.4, 0.5) is 24.1 Å². The highest BCUT2D eigenvalue weighted by atomic mass is 32.2. The molecule has 1 aromatic carbocycles. The second-order valence-electron chi connectivity index (χ2n) is 13.6. The number of nitrogen functional groups attached to an aromatic ring is 1. The van der Waals surface area contributed by atoms with Crippen LogP contribution < -0.4 is 20.7 Å². The number of ether oxygens (including phenoxy) is 1. The van der Waals surface area contributed by atoms with E-state index in [0.29, 0.717) is 37.4 Å². The van der Waals surface area contributed by atoms with Gasteiger partial charge in [0.15, 0.2) is 27.8 Å². The lowest BCUT2D eigenvalue weighted by atomic mass is 9.92. The number of hydrogen-bond donors (Lipinski definition) is 2. The van der Waals surface area contributed by atoms with E-state index in [1.807, 2.05) is 0 Å². The molecule has 46 heavy (non-hydrogen) atoms. The van der Waals surface area contributed by atoms with E-state index in [2.05, 4.69) is 25.1 Å². The van der Waals surface area contributed by atoms with Crippen molar-refractivity contribution in [1.82, 2.24) is 29.5 Å². The summed E-state index contributed by atoms with van der Waals surface area (Å²) in [6, 6.07) is 3.05. The first kappa shape index (κ1) is 29.2. The molecule has 0 amide bonds. The Morgan fingerprint density at radius 1 is 1.09 bits per heavy atom. The molecule has 2 bridgehead atoms. The molecule has 1 aliphatic carbocycles. The van der Waals surface area contributed by atoms with Crippen molar-refractivity contribution < 1.29 is 22.1 Å². The summed E-state index contributed by atoms with van der Waals surface area (Å²) < 4.78 is 69.6. The van der Waals surface area contributed by atoms with Gasteiger partial charge >= 0.3 is 6.01 Å². The molecule has 1 saturated carbocycles. The quantitative estimate of drug-likeness (QED) is 0.394. The summed E-state index contributed by atoms with van der Waals surface area (Å²) in [6.45, 7) is 2.65. The van der Waals surface area contributed by atoms with Crippen LogP contribution in [0.3, 0.4) is 0 Å². The minimum absolute atomic E-state index is 0.0195. The van der Waals surface area contributed by atoms with E-state index in [-0.39, 0.29) is 62.4 Å². The normalized spacial score (nSPS) is 31.1. The Kier molecular flexibility index (Phi) is 6.82. The van der Waals surface area contributed by atoms with Gasteiger partial charge in [0.2, 0.25) is 0 Å². The Bertz CT molecular complexity index is 1790. The Labute approximate surface area is 270 Å². The SMILES string of the molecule is Nc1nc2c(C3=C(F)c4nc(OC[C@@]56CCCN5C[C@H](F)C6)nc(N5CC6CCC(C5)N6)c4S(=O)N3C3CCC3)ccc(F)c2s1. The fraction of sp³-hybridized carbons (Fsp3) is 0.581. The number of nitrogens with zero attached hydrogens (tertiary/aromatic N) is 6. The summed E-state index contributed by atoms with van der Waals surface area (Å²) in [5, 5.41) is 3.78. The van der Waals surface area contributed by atoms with Crippen molar-refractivity contribution in [2.24, 2.45) is 0 Å². The van der Waals surface area contributed by atoms with Crippen molar-refractivity contribution in [3.8, 4) is 6.01 Å². The fourth-order valence-corrected chi connectivity index (χ4v) is 10.8. The molecule has 0 spiro atoms. The van der Waals surface area contributed by atoms with Gasteiger partial charge in [0.05, 0.1) is 21.5 Å². The van der Waals surface area contributed by atoms with E-state index in [1.165, 1.54) is 12.1 Å². The van der Waals surface area contributed by atoms with Crippen LogP contribution in [-0.2, 0) is 11.0 Å². The molecule has 4 saturated heterocycles. The second kappa shape index (κ2) is 10.8. The van der Waals surface area contributed by atoms with Gasteiger partial charge in [-0.3, -0.25) is 9.21 Å². The number of aromatic nitrogens is 3. The smallest absolute Gasteiger partial charge is 0.319 e. The minimum atomic E-state index is -1.88. The number of benzene rings is 1. The maximum absolute atomic E-state index is 17.3. The zero-order valence-electron chi connectivity index (χ0n) is 25.2. The number of thiazole rings is 1. The van der Waals surface area contributed by atoms with Gasteiger partial charge in [0.25, 0.3) is 0 Å². The lowest BCUT2D eigenvalue weighted by molar-refractivity contribution is 0.107. The molecular weight excluding hydrogens is 638 g/mol. The molecule has 2 aromatic heterocycles. The summed E-state index contributed by atoms with van der Waals surface area (Å²) in [5.74, 6) is -0.774.